The van der Waals surface area contributed by atoms with Crippen molar-refractivity contribution in [1.29, 1.82) is 0 Å². The fourth-order valence-electron chi connectivity index (χ4n) is 0.297. The molecule has 12 heavy (non-hydrogen) atoms. The molecule has 0 saturated carbocycles. The smallest absolute Gasteiger partial charge is 1.00 e. The van der Waals surface area contributed by atoms with Gasteiger partial charge in [0, 0.05) is 0 Å². The summed E-state index contributed by atoms with van der Waals surface area (Å²) in [4.78, 5) is 0. The van der Waals surface area contributed by atoms with Crippen molar-refractivity contribution in [3.63, 3.8) is 0 Å². The van der Waals surface area contributed by atoms with Crippen LogP contribution >= 0.6 is 0 Å². The zero-order valence-electron chi connectivity index (χ0n) is 8.02. The molecule has 0 aromatic carbocycles. The maximum Gasteiger partial charge on any atom is 1.00 e. The van der Waals surface area contributed by atoms with Crippen molar-refractivity contribution in [3.05, 3.63) is 25.3 Å². The topological polar surface area (TPSA) is 52.6 Å². The Morgan fingerprint density at radius 3 is 1.75 bits per heavy atom. The van der Waals surface area contributed by atoms with E-state index in [1.807, 2.05) is 0 Å². The monoisotopic (exact) mass is 202 g/mol. The molecule has 0 aliphatic rings. The van der Waals surface area contributed by atoms with Gasteiger partial charge < -0.3 is 1.43 Å². The number of hydrogen-bond donors (Lipinski definition) is 0. The minimum Gasteiger partial charge on any atom is -1.00 e. The molecule has 0 unspecified atom stereocenters. The average molecular weight is 202 g/mol. The van der Waals surface area contributed by atoms with Gasteiger partial charge in [-0.2, -0.15) is 8.42 Å². The van der Waals surface area contributed by atoms with Crippen molar-refractivity contribution in [2.75, 3.05) is 13.2 Å². The van der Waals surface area contributed by atoms with E-state index in [1.54, 1.807) is 0 Å². The summed E-state index contributed by atoms with van der Waals surface area (Å²) in [5, 5.41) is 0. The van der Waals surface area contributed by atoms with Crippen molar-refractivity contribution >= 4 is 10.4 Å². The third-order valence-electron chi connectivity index (χ3n) is 0.660. The Morgan fingerprint density at radius 1 is 1.17 bits per heavy atom. The van der Waals surface area contributed by atoms with Gasteiger partial charge in [-0.15, -0.1) is 13.2 Å². The molecule has 6 heteroatoms. The van der Waals surface area contributed by atoms with Gasteiger partial charge in [-0.25, -0.2) is 8.37 Å². The fraction of sp³-hybridized carbons (Fsp3) is 0.333. The number of rotatable bonds is 6. The first-order valence-corrected chi connectivity index (χ1v) is 4.21. The standard InChI is InChI=1S/C6H10O4S.Na.H/c1-3-5-9-11(7,8)10-6-4-2;;/h3-4H,1-2,5-6H2;;/q;+1;-1. The van der Waals surface area contributed by atoms with Crippen LogP contribution in [0, 0.1) is 0 Å². The second-order valence-corrected chi connectivity index (χ2v) is 2.84. The van der Waals surface area contributed by atoms with Gasteiger partial charge in [0.2, 0.25) is 0 Å². The van der Waals surface area contributed by atoms with Crippen LogP contribution in [0.4, 0.5) is 0 Å². The van der Waals surface area contributed by atoms with Gasteiger partial charge in [-0.1, -0.05) is 12.2 Å². The van der Waals surface area contributed by atoms with E-state index in [9.17, 15) is 8.42 Å². The summed E-state index contributed by atoms with van der Waals surface area (Å²) >= 11 is 0. The van der Waals surface area contributed by atoms with E-state index in [0.29, 0.717) is 0 Å². The van der Waals surface area contributed by atoms with Crippen molar-refractivity contribution in [2.45, 2.75) is 0 Å². The van der Waals surface area contributed by atoms with Crippen LogP contribution in [0.25, 0.3) is 0 Å². The molecule has 0 rings (SSSR count). The van der Waals surface area contributed by atoms with Gasteiger partial charge in [0.15, 0.2) is 0 Å². The van der Waals surface area contributed by atoms with E-state index < -0.39 is 10.4 Å². The predicted molar refractivity (Wildman–Crippen MR) is 42.3 cm³/mol. The average Bonchev–Trinajstić information content (AvgIpc) is 1.97. The molecule has 0 heterocycles. The normalized spacial score (nSPS) is 10.0. The van der Waals surface area contributed by atoms with Crippen molar-refractivity contribution in [1.82, 2.24) is 0 Å². The van der Waals surface area contributed by atoms with Crippen LogP contribution in [0.3, 0.4) is 0 Å². The van der Waals surface area contributed by atoms with Crippen LogP contribution < -0.4 is 29.6 Å². The summed E-state index contributed by atoms with van der Waals surface area (Å²) in [6, 6.07) is 0. The molecule has 0 aliphatic heterocycles. The Hall–Kier alpha value is 0.350. The zero-order valence-corrected chi connectivity index (χ0v) is 9.84. The maximum atomic E-state index is 10.6. The summed E-state index contributed by atoms with van der Waals surface area (Å²) in [6.45, 7) is 6.39. The zero-order chi connectivity index (χ0) is 8.74. The molecule has 0 spiro atoms. The number of hydrogen-bond acceptors (Lipinski definition) is 4. The van der Waals surface area contributed by atoms with Crippen LogP contribution in [-0.4, -0.2) is 21.6 Å². The second kappa shape index (κ2) is 7.97. The van der Waals surface area contributed by atoms with Crippen LogP contribution in [0.5, 0.6) is 0 Å². The predicted octanol–water partition coefficient (Wildman–Crippen LogP) is -2.25. The molecule has 0 aromatic rings. The van der Waals surface area contributed by atoms with Crippen LogP contribution in [-0.2, 0) is 18.8 Å². The molecule has 0 saturated heterocycles. The van der Waals surface area contributed by atoms with E-state index in [0.717, 1.165) is 0 Å². The summed E-state index contributed by atoms with van der Waals surface area (Å²) in [6.07, 6.45) is 2.63. The van der Waals surface area contributed by atoms with Gasteiger partial charge >= 0.3 is 40.0 Å². The molecule has 0 fully saturated rings. The third-order valence-corrected chi connectivity index (χ3v) is 1.51. The van der Waals surface area contributed by atoms with Gasteiger partial charge in [0.1, 0.15) is 0 Å². The maximum absolute atomic E-state index is 10.6. The Kier molecular flexibility index (Phi) is 9.87. The molecule has 0 N–H and O–H groups in total. The molecule has 0 bridgehead atoms. The van der Waals surface area contributed by atoms with Crippen molar-refractivity contribution in [3.8, 4) is 0 Å². The van der Waals surface area contributed by atoms with E-state index in [4.69, 9.17) is 0 Å². The minimum absolute atomic E-state index is 0. The minimum atomic E-state index is -3.85. The molecule has 66 valence electrons. The molecule has 0 amide bonds. The van der Waals surface area contributed by atoms with Crippen molar-refractivity contribution in [2.24, 2.45) is 0 Å². The Balaban J connectivity index is -0.000000500. The van der Waals surface area contributed by atoms with E-state index in [1.165, 1.54) is 12.2 Å². The Bertz CT molecular complexity index is 209. The molecule has 0 radical (unpaired) electrons. The summed E-state index contributed by atoms with van der Waals surface area (Å²) in [7, 11) is -3.85. The molecule has 0 aliphatic carbocycles. The van der Waals surface area contributed by atoms with E-state index >= 15 is 0 Å². The first kappa shape index (κ1) is 14.9. The van der Waals surface area contributed by atoms with Crippen LogP contribution in [0.15, 0.2) is 25.3 Å². The molecule has 0 atom stereocenters. The quantitative estimate of drug-likeness (QED) is 0.361. The Labute approximate surface area is 96.4 Å². The molecular formula is C6H11NaO4S. The van der Waals surface area contributed by atoms with E-state index in [-0.39, 0.29) is 44.2 Å². The largest absolute Gasteiger partial charge is 1.00 e. The third kappa shape index (κ3) is 8.45. The SMILES string of the molecule is C=CCOS(=O)(=O)OCC=C.[H-].[Na+]. The molecule has 0 aromatic heterocycles. The first-order chi connectivity index (χ1) is 5.12. The second-order valence-electron chi connectivity index (χ2n) is 1.55. The van der Waals surface area contributed by atoms with Gasteiger partial charge in [0.05, 0.1) is 13.2 Å². The van der Waals surface area contributed by atoms with Gasteiger partial charge in [0.25, 0.3) is 0 Å². The van der Waals surface area contributed by atoms with Gasteiger partial charge in [-0.05, 0) is 0 Å². The van der Waals surface area contributed by atoms with E-state index in [2.05, 4.69) is 21.5 Å². The fourth-order valence-corrected chi connectivity index (χ4v) is 0.891. The van der Waals surface area contributed by atoms with Crippen LogP contribution in [0.2, 0.25) is 0 Å². The van der Waals surface area contributed by atoms with Crippen LogP contribution in [0.1, 0.15) is 1.43 Å². The van der Waals surface area contributed by atoms with Gasteiger partial charge in [-0.3, -0.25) is 0 Å². The summed E-state index contributed by atoms with van der Waals surface area (Å²) in [5.74, 6) is 0. The summed E-state index contributed by atoms with van der Waals surface area (Å²) in [5.41, 5.74) is 0. The molecule has 4 nitrogen and oxygen atoms in total. The molecular weight excluding hydrogens is 191 g/mol. The summed E-state index contributed by atoms with van der Waals surface area (Å²) < 4.78 is 29.7. The van der Waals surface area contributed by atoms with Crippen molar-refractivity contribution < 1.29 is 47.8 Å². The first-order valence-electron chi connectivity index (χ1n) is 2.88. The Morgan fingerprint density at radius 2 is 1.50 bits per heavy atom.